The summed E-state index contributed by atoms with van der Waals surface area (Å²) in [6, 6.07) is 6.21. The van der Waals surface area contributed by atoms with Gasteiger partial charge in [0.25, 0.3) is 5.91 Å². The number of amides is 2. The summed E-state index contributed by atoms with van der Waals surface area (Å²) in [4.78, 5) is 25.4. The lowest BCUT2D eigenvalue weighted by molar-refractivity contribution is -0.124. The van der Waals surface area contributed by atoms with Gasteiger partial charge >= 0.3 is 0 Å². The van der Waals surface area contributed by atoms with Gasteiger partial charge in [-0.25, -0.2) is 8.42 Å². The Morgan fingerprint density at radius 1 is 1.03 bits per heavy atom. The van der Waals surface area contributed by atoms with E-state index in [-0.39, 0.29) is 41.7 Å². The fraction of sp³-hybridized carbons (Fsp3) is 0.636. The highest BCUT2D eigenvalue weighted by Crippen LogP contribution is 2.48. The smallest absolute Gasteiger partial charge is 0.251 e. The van der Waals surface area contributed by atoms with Gasteiger partial charge in [0.05, 0.1) is 17.8 Å². The number of hydrogen-bond acceptors (Lipinski definition) is 5. The number of anilines is 1. The van der Waals surface area contributed by atoms with Crippen LogP contribution < -0.4 is 15.4 Å². The number of carbonyl (C=O) groups excluding carboxylic acids is 2. The highest BCUT2D eigenvalue weighted by atomic mass is 32.2. The molecule has 3 aliphatic rings. The highest BCUT2D eigenvalue weighted by Gasteiger charge is 2.57. The van der Waals surface area contributed by atoms with E-state index in [9.17, 15) is 18.0 Å². The number of nitrogens with one attached hydrogen (secondary N) is 3. The molecule has 0 spiro atoms. The molecule has 9 heteroatoms. The molecule has 5 atom stereocenters. The van der Waals surface area contributed by atoms with E-state index < -0.39 is 10.0 Å². The van der Waals surface area contributed by atoms with Crippen LogP contribution in [0.3, 0.4) is 0 Å². The molecule has 2 amide bonds. The van der Waals surface area contributed by atoms with Gasteiger partial charge in [0.15, 0.2) is 0 Å². The van der Waals surface area contributed by atoms with Crippen LogP contribution in [0.15, 0.2) is 24.3 Å². The van der Waals surface area contributed by atoms with Crippen molar-refractivity contribution >= 4 is 27.5 Å². The van der Waals surface area contributed by atoms with E-state index in [2.05, 4.69) is 15.4 Å². The van der Waals surface area contributed by atoms with E-state index in [0.29, 0.717) is 23.6 Å². The van der Waals surface area contributed by atoms with Crippen LogP contribution in [0, 0.1) is 11.8 Å². The summed E-state index contributed by atoms with van der Waals surface area (Å²) < 4.78 is 31.9. The summed E-state index contributed by atoms with van der Waals surface area (Å²) in [6.45, 7) is 2.54. The SMILES string of the molecule is CCCS(=O)(=O)Nc1ccc(C(=O)N[C@@H]2CCC[C@H]2NC(=O)[C@@H]2[C@H]3CCCO[C@H]32)cc1. The molecule has 1 aromatic carbocycles. The number of sulfonamides is 1. The third-order valence-electron chi connectivity index (χ3n) is 6.44. The zero-order valence-corrected chi connectivity index (χ0v) is 18.6. The molecule has 1 aromatic rings. The minimum absolute atomic E-state index is 0.0384. The lowest BCUT2D eigenvalue weighted by atomic mass is 10.1. The molecular weight excluding hydrogens is 418 g/mol. The molecule has 0 bridgehead atoms. The Morgan fingerprint density at radius 2 is 1.74 bits per heavy atom. The molecule has 1 aliphatic heterocycles. The molecule has 0 radical (unpaired) electrons. The zero-order valence-electron chi connectivity index (χ0n) is 17.8. The summed E-state index contributed by atoms with van der Waals surface area (Å²) in [5.41, 5.74) is 0.890. The van der Waals surface area contributed by atoms with E-state index in [1.165, 1.54) is 0 Å². The van der Waals surface area contributed by atoms with Gasteiger partial charge in [0.2, 0.25) is 15.9 Å². The lowest BCUT2D eigenvalue weighted by Gasteiger charge is -2.22. The summed E-state index contributed by atoms with van der Waals surface area (Å²) in [7, 11) is -3.36. The summed E-state index contributed by atoms with van der Waals surface area (Å²) in [6.07, 6.45) is 5.30. The van der Waals surface area contributed by atoms with Gasteiger partial charge in [0, 0.05) is 35.9 Å². The van der Waals surface area contributed by atoms with Gasteiger partial charge in [-0.2, -0.15) is 0 Å². The maximum absolute atomic E-state index is 12.7. The Hall–Kier alpha value is -2.13. The van der Waals surface area contributed by atoms with Crippen molar-refractivity contribution in [3.05, 3.63) is 29.8 Å². The molecule has 2 saturated carbocycles. The first-order valence-corrected chi connectivity index (χ1v) is 12.9. The first-order valence-electron chi connectivity index (χ1n) is 11.2. The molecule has 4 rings (SSSR count). The number of fused-ring (bicyclic) bond motifs is 1. The van der Waals surface area contributed by atoms with Crippen LogP contribution in [0.2, 0.25) is 0 Å². The maximum Gasteiger partial charge on any atom is 0.251 e. The second-order valence-electron chi connectivity index (χ2n) is 8.79. The van der Waals surface area contributed by atoms with Crippen LogP contribution in [0.25, 0.3) is 0 Å². The molecule has 170 valence electrons. The number of rotatable bonds is 8. The average molecular weight is 450 g/mol. The number of benzene rings is 1. The summed E-state index contributed by atoms with van der Waals surface area (Å²) in [5.74, 6) is 0.197. The molecule has 3 fully saturated rings. The minimum Gasteiger partial charge on any atom is -0.377 e. The van der Waals surface area contributed by atoms with E-state index in [1.54, 1.807) is 31.2 Å². The van der Waals surface area contributed by atoms with Crippen LogP contribution in [0.1, 0.15) is 55.8 Å². The van der Waals surface area contributed by atoms with Gasteiger partial charge in [0.1, 0.15) is 0 Å². The van der Waals surface area contributed by atoms with Crippen LogP contribution in [0.4, 0.5) is 5.69 Å². The van der Waals surface area contributed by atoms with Crippen molar-refractivity contribution in [2.75, 3.05) is 17.1 Å². The third-order valence-corrected chi connectivity index (χ3v) is 7.94. The number of ether oxygens (including phenoxy) is 1. The fourth-order valence-electron chi connectivity index (χ4n) is 4.82. The molecule has 31 heavy (non-hydrogen) atoms. The van der Waals surface area contributed by atoms with Gasteiger partial charge < -0.3 is 15.4 Å². The number of carbonyl (C=O) groups is 2. The van der Waals surface area contributed by atoms with Crippen LogP contribution in [0.5, 0.6) is 0 Å². The number of hydrogen-bond donors (Lipinski definition) is 3. The van der Waals surface area contributed by atoms with Gasteiger partial charge in [-0.05, 0) is 62.8 Å². The van der Waals surface area contributed by atoms with Crippen molar-refractivity contribution in [3.8, 4) is 0 Å². The second-order valence-corrected chi connectivity index (χ2v) is 10.6. The first kappa shape index (κ1) is 22.1. The normalized spacial score (nSPS) is 29.6. The van der Waals surface area contributed by atoms with Crippen molar-refractivity contribution in [1.29, 1.82) is 0 Å². The topological polar surface area (TPSA) is 114 Å². The Bertz CT molecular complexity index is 906. The van der Waals surface area contributed by atoms with Crippen molar-refractivity contribution in [3.63, 3.8) is 0 Å². The zero-order chi connectivity index (χ0) is 22.0. The standard InChI is InChI=1S/C22H31N3O5S/c1-2-13-31(28,29)25-15-10-8-14(9-11-15)21(26)23-17-6-3-7-18(17)24-22(27)19-16-5-4-12-30-20(16)19/h8-11,16-20,25H,2-7,12-13H2,1H3,(H,23,26)(H,24,27)/t16-,17-,18-,19-,20-/m1/s1. The van der Waals surface area contributed by atoms with Gasteiger partial charge in [-0.3, -0.25) is 14.3 Å². The lowest BCUT2D eigenvalue weighted by Crippen LogP contribution is -2.49. The first-order chi connectivity index (χ1) is 14.9. The highest BCUT2D eigenvalue weighted by molar-refractivity contribution is 7.92. The molecular formula is C22H31N3O5S. The van der Waals surface area contributed by atoms with Gasteiger partial charge in [-0.15, -0.1) is 0 Å². The largest absolute Gasteiger partial charge is 0.377 e. The predicted molar refractivity (Wildman–Crippen MR) is 117 cm³/mol. The quantitative estimate of drug-likeness (QED) is 0.562. The molecule has 2 aliphatic carbocycles. The van der Waals surface area contributed by atoms with Crippen molar-refractivity contribution in [1.82, 2.24) is 10.6 Å². The molecule has 1 heterocycles. The van der Waals surface area contributed by atoms with Crippen LogP contribution >= 0.6 is 0 Å². The third kappa shape index (κ3) is 5.20. The average Bonchev–Trinajstić information content (AvgIpc) is 3.32. The maximum atomic E-state index is 12.7. The molecule has 8 nitrogen and oxygen atoms in total. The van der Waals surface area contributed by atoms with E-state index >= 15 is 0 Å². The molecule has 0 unspecified atom stereocenters. The van der Waals surface area contributed by atoms with E-state index in [0.717, 1.165) is 38.7 Å². The van der Waals surface area contributed by atoms with Gasteiger partial charge in [-0.1, -0.05) is 6.92 Å². The molecule has 3 N–H and O–H groups in total. The summed E-state index contributed by atoms with van der Waals surface area (Å²) in [5, 5.41) is 6.18. The van der Waals surface area contributed by atoms with E-state index in [4.69, 9.17) is 4.74 Å². The minimum atomic E-state index is -3.36. The summed E-state index contributed by atoms with van der Waals surface area (Å²) >= 11 is 0. The molecule has 1 saturated heterocycles. The van der Waals surface area contributed by atoms with Crippen LogP contribution in [-0.2, 0) is 19.6 Å². The fourth-order valence-corrected chi connectivity index (χ4v) is 5.96. The second kappa shape index (κ2) is 9.16. The monoisotopic (exact) mass is 449 g/mol. The Kier molecular flexibility index (Phi) is 6.52. The van der Waals surface area contributed by atoms with E-state index in [1.807, 2.05) is 0 Å². The predicted octanol–water partition coefficient (Wildman–Crippen LogP) is 2.03. The Morgan fingerprint density at radius 3 is 2.39 bits per heavy atom. The van der Waals surface area contributed by atoms with Crippen molar-refractivity contribution in [2.24, 2.45) is 11.8 Å². The molecule has 0 aromatic heterocycles. The Balaban J connectivity index is 1.30. The Labute approximate surface area is 183 Å². The van der Waals surface area contributed by atoms with Crippen LogP contribution in [-0.4, -0.2) is 50.8 Å². The van der Waals surface area contributed by atoms with Crippen molar-refractivity contribution < 1.29 is 22.7 Å². The van der Waals surface area contributed by atoms with Crippen molar-refractivity contribution in [2.45, 2.75) is 63.6 Å².